The summed E-state index contributed by atoms with van der Waals surface area (Å²) in [6.45, 7) is 2.57. The first-order valence-electron chi connectivity index (χ1n) is 5.99. The molecule has 0 saturated carbocycles. The molecule has 1 rings (SSSR count). The third kappa shape index (κ3) is 5.74. The number of ether oxygens (including phenoxy) is 2. The highest BCUT2D eigenvalue weighted by molar-refractivity contribution is 7.90. The molecular weight excluding hydrogens is 268 g/mol. The molecule has 0 aliphatic rings. The molecule has 19 heavy (non-hydrogen) atoms. The van der Waals surface area contributed by atoms with Gasteiger partial charge in [0.25, 0.3) is 0 Å². The zero-order chi connectivity index (χ0) is 14.3. The average molecular weight is 286 g/mol. The first kappa shape index (κ1) is 15.5. The number of carbonyl (C=O) groups excluding carboxylic acids is 1. The third-order valence-corrected chi connectivity index (χ3v) is 3.20. The summed E-state index contributed by atoms with van der Waals surface area (Å²) in [5, 5.41) is 0. The summed E-state index contributed by atoms with van der Waals surface area (Å²) in [6, 6.07) is 4.87. The molecule has 0 unspecified atom stereocenters. The van der Waals surface area contributed by atoms with Gasteiger partial charge in [-0.1, -0.05) is 6.92 Å². The van der Waals surface area contributed by atoms with Crippen LogP contribution in [0.1, 0.15) is 23.7 Å². The van der Waals surface area contributed by atoms with Gasteiger partial charge in [0, 0.05) is 12.3 Å². The average Bonchev–Trinajstić information content (AvgIpc) is 2.35. The van der Waals surface area contributed by atoms with Gasteiger partial charge >= 0.3 is 0 Å². The van der Waals surface area contributed by atoms with Crippen LogP contribution in [-0.4, -0.2) is 39.9 Å². The molecule has 0 radical (unpaired) electrons. The van der Waals surface area contributed by atoms with Gasteiger partial charge < -0.3 is 9.47 Å². The summed E-state index contributed by atoms with van der Waals surface area (Å²) in [4.78, 5) is 10.9. The maximum Gasteiger partial charge on any atom is 0.153 e. The van der Waals surface area contributed by atoms with Gasteiger partial charge in [0.1, 0.15) is 18.1 Å². The van der Waals surface area contributed by atoms with Crippen LogP contribution in [0.2, 0.25) is 0 Å². The second-order valence-corrected chi connectivity index (χ2v) is 6.40. The van der Waals surface area contributed by atoms with Crippen LogP contribution in [0.3, 0.4) is 0 Å². The highest BCUT2D eigenvalue weighted by atomic mass is 32.2. The number of sulfone groups is 1. The molecule has 0 aliphatic carbocycles. The van der Waals surface area contributed by atoms with Gasteiger partial charge in [0.05, 0.1) is 17.9 Å². The lowest BCUT2D eigenvalue weighted by Gasteiger charge is -2.10. The lowest BCUT2D eigenvalue weighted by atomic mass is 10.2. The van der Waals surface area contributed by atoms with E-state index in [1.165, 1.54) is 0 Å². The van der Waals surface area contributed by atoms with Crippen LogP contribution in [-0.2, 0) is 9.84 Å². The Bertz CT molecular complexity index is 522. The fourth-order valence-corrected chi connectivity index (χ4v) is 1.74. The third-order valence-electron chi connectivity index (χ3n) is 2.30. The Hall–Kier alpha value is -1.56. The Morgan fingerprint density at radius 2 is 1.95 bits per heavy atom. The summed E-state index contributed by atoms with van der Waals surface area (Å²) in [5.41, 5.74) is 0.373. The van der Waals surface area contributed by atoms with Gasteiger partial charge in [-0.05, 0) is 18.6 Å². The minimum Gasteiger partial charge on any atom is -0.493 e. The van der Waals surface area contributed by atoms with Crippen LogP contribution in [0.5, 0.6) is 11.5 Å². The Morgan fingerprint density at radius 1 is 1.21 bits per heavy atom. The van der Waals surface area contributed by atoms with Crippen molar-refractivity contribution in [2.24, 2.45) is 0 Å². The highest BCUT2D eigenvalue weighted by Gasteiger charge is 2.08. The molecule has 0 heterocycles. The number of benzene rings is 1. The number of rotatable bonds is 8. The highest BCUT2D eigenvalue weighted by Crippen LogP contribution is 2.24. The monoisotopic (exact) mass is 286 g/mol. The van der Waals surface area contributed by atoms with Crippen molar-refractivity contribution >= 4 is 16.1 Å². The van der Waals surface area contributed by atoms with E-state index in [4.69, 9.17) is 9.47 Å². The maximum atomic E-state index is 11.0. The number of aldehydes is 1. The van der Waals surface area contributed by atoms with Crippen LogP contribution in [0.4, 0.5) is 0 Å². The molecule has 1 aromatic carbocycles. The molecule has 0 fully saturated rings. The normalized spacial score (nSPS) is 11.1. The van der Waals surface area contributed by atoms with Crippen molar-refractivity contribution in [2.45, 2.75) is 13.3 Å². The fraction of sp³-hybridized carbons (Fsp3) is 0.462. The van der Waals surface area contributed by atoms with E-state index in [9.17, 15) is 13.2 Å². The van der Waals surface area contributed by atoms with E-state index in [2.05, 4.69) is 0 Å². The molecule has 0 saturated heterocycles. The van der Waals surface area contributed by atoms with Crippen molar-refractivity contribution in [3.8, 4) is 11.5 Å². The zero-order valence-corrected chi connectivity index (χ0v) is 11.9. The quantitative estimate of drug-likeness (QED) is 0.680. The molecule has 0 bridgehead atoms. The van der Waals surface area contributed by atoms with Crippen molar-refractivity contribution in [2.75, 3.05) is 25.2 Å². The van der Waals surface area contributed by atoms with Crippen molar-refractivity contribution in [3.05, 3.63) is 23.8 Å². The molecular formula is C13H18O5S. The van der Waals surface area contributed by atoms with Gasteiger partial charge in [0.2, 0.25) is 0 Å². The molecule has 1 aromatic rings. The molecule has 0 atom stereocenters. The summed E-state index contributed by atoms with van der Waals surface area (Å²) >= 11 is 0. The SMILES string of the molecule is CCCOc1ccc(C=O)c(OCCS(C)(=O)=O)c1. The predicted octanol–water partition coefficient (Wildman–Crippen LogP) is 1.71. The Labute approximate surface area is 113 Å². The van der Waals surface area contributed by atoms with Crippen LogP contribution in [0.15, 0.2) is 18.2 Å². The zero-order valence-electron chi connectivity index (χ0n) is 11.1. The van der Waals surface area contributed by atoms with E-state index in [0.717, 1.165) is 12.7 Å². The molecule has 0 spiro atoms. The maximum absolute atomic E-state index is 11.0. The van der Waals surface area contributed by atoms with Crippen LogP contribution in [0.25, 0.3) is 0 Å². The minimum absolute atomic E-state index is 0.0108. The first-order valence-corrected chi connectivity index (χ1v) is 8.05. The summed E-state index contributed by atoms with van der Waals surface area (Å²) in [5.74, 6) is 0.847. The Kier molecular flexibility index (Phi) is 5.82. The Balaban J connectivity index is 2.75. The fourth-order valence-electron chi connectivity index (χ4n) is 1.35. The summed E-state index contributed by atoms with van der Waals surface area (Å²) in [6.07, 6.45) is 2.68. The largest absolute Gasteiger partial charge is 0.493 e. The van der Waals surface area contributed by atoms with E-state index in [1.807, 2.05) is 6.92 Å². The molecule has 0 aromatic heterocycles. The topological polar surface area (TPSA) is 69.7 Å². The van der Waals surface area contributed by atoms with Gasteiger partial charge in [0.15, 0.2) is 16.1 Å². The number of hydrogen-bond acceptors (Lipinski definition) is 5. The van der Waals surface area contributed by atoms with E-state index in [1.54, 1.807) is 18.2 Å². The smallest absolute Gasteiger partial charge is 0.153 e. The van der Waals surface area contributed by atoms with Crippen LogP contribution < -0.4 is 9.47 Å². The Morgan fingerprint density at radius 3 is 2.53 bits per heavy atom. The van der Waals surface area contributed by atoms with E-state index >= 15 is 0 Å². The molecule has 0 N–H and O–H groups in total. The standard InChI is InChI=1S/C13H18O5S/c1-3-6-17-12-5-4-11(10-14)13(9-12)18-7-8-19(2,15)16/h4-5,9-10H,3,6-8H2,1-2H3. The van der Waals surface area contributed by atoms with Crippen LogP contribution >= 0.6 is 0 Å². The number of carbonyl (C=O) groups is 1. The van der Waals surface area contributed by atoms with E-state index in [0.29, 0.717) is 30.0 Å². The molecule has 0 aliphatic heterocycles. The van der Waals surface area contributed by atoms with Crippen LogP contribution in [0, 0.1) is 0 Å². The van der Waals surface area contributed by atoms with E-state index in [-0.39, 0.29) is 12.4 Å². The second-order valence-electron chi connectivity index (χ2n) is 4.14. The van der Waals surface area contributed by atoms with Gasteiger partial charge in [-0.25, -0.2) is 8.42 Å². The van der Waals surface area contributed by atoms with Crippen molar-refractivity contribution in [1.29, 1.82) is 0 Å². The molecule has 6 heteroatoms. The van der Waals surface area contributed by atoms with Crippen molar-refractivity contribution in [1.82, 2.24) is 0 Å². The molecule has 5 nitrogen and oxygen atoms in total. The first-order chi connectivity index (χ1) is 8.96. The van der Waals surface area contributed by atoms with Crippen molar-refractivity contribution in [3.63, 3.8) is 0 Å². The van der Waals surface area contributed by atoms with E-state index < -0.39 is 9.84 Å². The second kappa shape index (κ2) is 7.13. The summed E-state index contributed by atoms with van der Waals surface area (Å²) < 4.78 is 32.8. The van der Waals surface area contributed by atoms with Gasteiger partial charge in [-0.3, -0.25) is 4.79 Å². The lowest BCUT2D eigenvalue weighted by molar-refractivity contribution is 0.112. The predicted molar refractivity (Wildman–Crippen MR) is 72.8 cm³/mol. The van der Waals surface area contributed by atoms with Gasteiger partial charge in [-0.2, -0.15) is 0 Å². The van der Waals surface area contributed by atoms with Gasteiger partial charge in [-0.15, -0.1) is 0 Å². The lowest BCUT2D eigenvalue weighted by Crippen LogP contribution is -2.12. The summed E-state index contributed by atoms with van der Waals surface area (Å²) in [7, 11) is -3.08. The molecule has 106 valence electrons. The van der Waals surface area contributed by atoms with Crippen molar-refractivity contribution < 1.29 is 22.7 Å². The molecule has 0 amide bonds. The minimum atomic E-state index is -3.08. The number of hydrogen-bond donors (Lipinski definition) is 0.